The molecule has 22 heavy (non-hydrogen) atoms. The molecule has 0 saturated heterocycles. The molecule has 6 nitrogen and oxygen atoms in total. The number of amides is 2. The number of nitrogens with zero attached hydrogens (tertiary/aromatic N) is 1. The number of hydrogen-bond donors (Lipinski definition) is 3. The lowest BCUT2D eigenvalue weighted by atomic mass is 10.2. The highest BCUT2D eigenvalue weighted by atomic mass is 79.9. The predicted octanol–water partition coefficient (Wildman–Crippen LogP) is 3.32. The van der Waals surface area contributed by atoms with Crippen LogP contribution in [0.5, 0.6) is 11.5 Å². The summed E-state index contributed by atoms with van der Waals surface area (Å²) < 4.78 is 5.61. The third kappa shape index (κ3) is 4.23. The highest BCUT2D eigenvalue weighted by molar-refractivity contribution is 9.10. The third-order valence-corrected chi connectivity index (χ3v) is 3.25. The van der Waals surface area contributed by atoms with Crippen molar-refractivity contribution in [2.45, 2.75) is 0 Å². The minimum absolute atomic E-state index is 0.0212. The Balaban J connectivity index is 1.96. The number of hydrazone groups is 1. The van der Waals surface area contributed by atoms with Gasteiger partial charge in [-0.1, -0.05) is 18.2 Å². The Morgan fingerprint density at radius 2 is 2.05 bits per heavy atom. The van der Waals surface area contributed by atoms with E-state index in [2.05, 4.69) is 31.8 Å². The molecule has 7 heteroatoms. The van der Waals surface area contributed by atoms with Gasteiger partial charge in [0, 0.05) is 5.69 Å². The van der Waals surface area contributed by atoms with E-state index in [0.29, 0.717) is 21.5 Å². The predicted molar refractivity (Wildman–Crippen MR) is 88.5 cm³/mol. The van der Waals surface area contributed by atoms with Gasteiger partial charge in [0.1, 0.15) is 0 Å². The molecule has 2 rings (SSSR count). The van der Waals surface area contributed by atoms with Crippen LogP contribution in [0.2, 0.25) is 0 Å². The molecular weight excluding hydrogens is 350 g/mol. The Morgan fingerprint density at radius 3 is 2.68 bits per heavy atom. The lowest BCUT2D eigenvalue weighted by molar-refractivity contribution is 0.252. The van der Waals surface area contributed by atoms with Gasteiger partial charge in [0.25, 0.3) is 0 Å². The van der Waals surface area contributed by atoms with Crippen LogP contribution in [0.4, 0.5) is 10.5 Å². The summed E-state index contributed by atoms with van der Waals surface area (Å²) in [6.07, 6.45) is 1.41. The molecule has 0 aromatic heterocycles. The van der Waals surface area contributed by atoms with Crippen LogP contribution in [0.3, 0.4) is 0 Å². The highest BCUT2D eigenvalue weighted by Gasteiger charge is 2.07. The first-order chi connectivity index (χ1) is 10.6. The van der Waals surface area contributed by atoms with Crippen molar-refractivity contribution in [1.29, 1.82) is 0 Å². The maximum Gasteiger partial charge on any atom is 0.339 e. The Bertz CT molecular complexity index is 667. The average Bonchev–Trinajstić information content (AvgIpc) is 2.48. The molecular formula is C15H14BrN3O3. The van der Waals surface area contributed by atoms with E-state index in [1.807, 2.05) is 18.2 Å². The first-order valence-electron chi connectivity index (χ1n) is 6.31. The summed E-state index contributed by atoms with van der Waals surface area (Å²) in [6, 6.07) is 11.7. The zero-order valence-corrected chi connectivity index (χ0v) is 13.3. The van der Waals surface area contributed by atoms with Gasteiger partial charge in [0.05, 0.1) is 17.8 Å². The minimum atomic E-state index is -0.459. The van der Waals surface area contributed by atoms with Gasteiger partial charge in [-0.05, 0) is 45.8 Å². The normalized spacial score (nSPS) is 10.5. The number of aromatic hydroxyl groups is 1. The van der Waals surface area contributed by atoms with Gasteiger partial charge in [-0.15, -0.1) is 0 Å². The number of methoxy groups -OCH3 is 1. The highest BCUT2D eigenvalue weighted by Crippen LogP contribution is 2.34. The molecule has 2 amide bonds. The second-order valence-corrected chi connectivity index (χ2v) is 5.10. The van der Waals surface area contributed by atoms with Crippen molar-refractivity contribution in [3.63, 3.8) is 0 Å². The van der Waals surface area contributed by atoms with Crippen LogP contribution in [-0.2, 0) is 0 Å². The molecule has 2 aromatic carbocycles. The van der Waals surface area contributed by atoms with Crippen molar-refractivity contribution in [2.24, 2.45) is 5.10 Å². The number of halogens is 1. The first-order valence-corrected chi connectivity index (χ1v) is 7.11. The summed E-state index contributed by atoms with van der Waals surface area (Å²) in [4.78, 5) is 11.6. The maximum absolute atomic E-state index is 11.6. The first kappa shape index (κ1) is 15.8. The topological polar surface area (TPSA) is 83.0 Å². The smallest absolute Gasteiger partial charge is 0.339 e. The van der Waals surface area contributed by atoms with Crippen LogP contribution in [0.25, 0.3) is 0 Å². The number of nitrogens with one attached hydrogen (secondary N) is 2. The molecule has 0 unspecified atom stereocenters. The number of benzene rings is 2. The number of anilines is 1. The van der Waals surface area contributed by atoms with E-state index in [-0.39, 0.29) is 5.75 Å². The maximum atomic E-state index is 11.6. The fraction of sp³-hybridized carbons (Fsp3) is 0.0667. The molecule has 2 aromatic rings. The van der Waals surface area contributed by atoms with Crippen LogP contribution in [-0.4, -0.2) is 24.5 Å². The number of carbonyl (C=O) groups excluding carboxylic acids is 1. The molecule has 0 aliphatic rings. The molecule has 0 aliphatic carbocycles. The number of hydrogen-bond acceptors (Lipinski definition) is 4. The summed E-state index contributed by atoms with van der Waals surface area (Å²) in [5, 5.41) is 16.2. The van der Waals surface area contributed by atoms with Crippen LogP contribution in [0, 0.1) is 0 Å². The summed E-state index contributed by atoms with van der Waals surface area (Å²) in [7, 11) is 1.46. The van der Waals surface area contributed by atoms with Crippen LogP contribution < -0.4 is 15.5 Å². The number of urea groups is 1. The van der Waals surface area contributed by atoms with E-state index >= 15 is 0 Å². The molecule has 0 saturated carbocycles. The number of phenolic OH excluding ortho intramolecular Hbond substituents is 1. The molecule has 0 bridgehead atoms. The largest absolute Gasteiger partial charge is 0.504 e. The van der Waals surface area contributed by atoms with Crippen LogP contribution in [0.1, 0.15) is 5.56 Å². The molecule has 0 fully saturated rings. The number of ether oxygens (including phenoxy) is 1. The van der Waals surface area contributed by atoms with E-state index in [1.54, 1.807) is 18.2 Å². The summed E-state index contributed by atoms with van der Waals surface area (Å²) in [5.74, 6) is 0.319. The average molecular weight is 364 g/mol. The third-order valence-electron chi connectivity index (χ3n) is 2.66. The zero-order chi connectivity index (χ0) is 15.9. The monoisotopic (exact) mass is 363 g/mol. The SMILES string of the molecule is COc1c(O)cc(/C=N/NC(=O)Nc2ccccc2)cc1Br. The fourth-order valence-corrected chi connectivity index (χ4v) is 2.35. The van der Waals surface area contributed by atoms with Gasteiger partial charge in [0.2, 0.25) is 0 Å². The van der Waals surface area contributed by atoms with Crippen molar-refractivity contribution in [1.82, 2.24) is 5.43 Å². The lowest BCUT2D eigenvalue weighted by Gasteiger charge is -2.06. The lowest BCUT2D eigenvalue weighted by Crippen LogP contribution is -2.24. The molecule has 3 N–H and O–H groups in total. The number of carbonyl (C=O) groups is 1. The number of phenols is 1. The molecule has 0 atom stereocenters. The van der Waals surface area contributed by atoms with Gasteiger partial charge >= 0.3 is 6.03 Å². The van der Waals surface area contributed by atoms with Crippen LogP contribution in [0.15, 0.2) is 52.0 Å². The van der Waals surface area contributed by atoms with Crippen molar-refractivity contribution >= 4 is 33.9 Å². The van der Waals surface area contributed by atoms with Gasteiger partial charge < -0.3 is 15.2 Å². The van der Waals surface area contributed by atoms with E-state index in [1.165, 1.54) is 19.4 Å². The van der Waals surface area contributed by atoms with Gasteiger partial charge in [-0.3, -0.25) is 0 Å². The van der Waals surface area contributed by atoms with Crippen LogP contribution >= 0.6 is 15.9 Å². The van der Waals surface area contributed by atoms with E-state index < -0.39 is 6.03 Å². The number of para-hydroxylation sites is 1. The summed E-state index contributed by atoms with van der Waals surface area (Å²) in [6.45, 7) is 0. The molecule has 0 spiro atoms. The van der Waals surface area contributed by atoms with Crippen molar-refractivity contribution < 1.29 is 14.6 Å². The van der Waals surface area contributed by atoms with E-state index in [0.717, 1.165) is 0 Å². The molecule has 0 heterocycles. The Morgan fingerprint density at radius 1 is 1.32 bits per heavy atom. The van der Waals surface area contributed by atoms with E-state index in [4.69, 9.17) is 4.74 Å². The molecule has 0 radical (unpaired) electrons. The second-order valence-electron chi connectivity index (χ2n) is 4.25. The summed E-state index contributed by atoms with van der Waals surface area (Å²) in [5.41, 5.74) is 3.61. The Hall–Kier alpha value is -2.54. The molecule has 0 aliphatic heterocycles. The van der Waals surface area contributed by atoms with Gasteiger partial charge in [0.15, 0.2) is 11.5 Å². The quantitative estimate of drug-likeness (QED) is 0.575. The van der Waals surface area contributed by atoms with Crippen molar-refractivity contribution in [2.75, 3.05) is 12.4 Å². The molecule has 114 valence electrons. The van der Waals surface area contributed by atoms with Crippen molar-refractivity contribution in [3.05, 3.63) is 52.5 Å². The number of rotatable bonds is 4. The van der Waals surface area contributed by atoms with Gasteiger partial charge in [-0.2, -0.15) is 5.10 Å². The minimum Gasteiger partial charge on any atom is -0.504 e. The van der Waals surface area contributed by atoms with E-state index in [9.17, 15) is 9.90 Å². The van der Waals surface area contributed by atoms with Gasteiger partial charge in [-0.25, -0.2) is 10.2 Å². The summed E-state index contributed by atoms with van der Waals surface area (Å²) >= 11 is 3.28. The van der Waals surface area contributed by atoms with Crippen molar-refractivity contribution in [3.8, 4) is 11.5 Å². The second kappa shape index (κ2) is 7.46. The zero-order valence-electron chi connectivity index (χ0n) is 11.7. The Kier molecular flexibility index (Phi) is 5.37. The Labute approximate surface area is 135 Å². The standard InChI is InChI=1S/C15H14BrN3O3/c1-22-14-12(16)7-10(8-13(14)20)9-17-19-15(21)18-11-5-3-2-4-6-11/h2-9,20H,1H3,(H2,18,19,21)/b17-9+. The fourth-order valence-electron chi connectivity index (χ4n) is 1.72.